The standard InChI is InChI=1S/C11H11NO5/c1-11(10(14)15,12-5-13)7-2-3-8-9(4-7)17-6-16-8/h2-5H,6H2,1H3,(H,12,13)(H,14,15). The second kappa shape index (κ2) is 3.97. The molecule has 0 saturated heterocycles. The second-order valence-corrected chi connectivity index (χ2v) is 3.76. The van der Waals surface area contributed by atoms with E-state index in [1.54, 1.807) is 18.2 Å². The van der Waals surface area contributed by atoms with E-state index in [2.05, 4.69) is 5.32 Å². The molecule has 0 fully saturated rings. The molecule has 90 valence electrons. The molecular weight excluding hydrogens is 226 g/mol. The number of ether oxygens (including phenoxy) is 2. The first-order valence-electron chi connectivity index (χ1n) is 4.93. The van der Waals surface area contributed by atoms with Crippen LogP contribution >= 0.6 is 0 Å². The van der Waals surface area contributed by atoms with Crippen LogP contribution in [0.4, 0.5) is 0 Å². The van der Waals surface area contributed by atoms with Gasteiger partial charge in [-0.25, -0.2) is 4.79 Å². The Morgan fingerprint density at radius 3 is 2.82 bits per heavy atom. The Balaban J connectivity index is 2.43. The summed E-state index contributed by atoms with van der Waals surface area (Å²) in [5.74, 6) is -0.112. The summed E-state index contributed by atoms with van der Waals surface area (Å²) in [6.07, 6.45) is 0.360. The van der Waals surface area contributed by atoms with Crippen molar-refractivity contribution in [2.75, 3.05) is 6.79 Å². The number of carbonyl (C=O) groups excluding carboxylic acids is 1. The van der Waals surface area contributed by atoms with Crippen LogP contribution in [0, 0.1) is 0 Å². The molecule has 1 aliphatic rings. The predicted molar refractivity (Wildman–Crippen MR) is 56.8 cm³/mol. The third-order valence-electron chi connectivity index (χ3n) is 2.73. The first-order chi connectivity index (χ1) is 8.08. The SMILES string of the molecule is CC(NC=O)(C(=O)O)c1ccc2c(c1)OCO2. The highest BCUT2D eigenvalue weighted by Gasteiger charge is 2.35. The normalized spacial score (nSPS) is 16.1. The molecule has 1 heterocycles. The molecule has 2 N–H and O–H groups in total. The fraction of sp³-hybridized carbons (Fsp3) is 0.273. The van der Waals surface area contributed by atoms with Crippen molar-refractivity contribution in [1.82, 2.24) is 5.32 Å². The van der Waals surface area contributed by atoms with E-state index in [1.165, 1.54) is 6.92 Å². The summed E-state index contributed by atoms with van der Waals surface area (Å²) < 4.78 is 10.3. The molecule has 6 nitrogen and oxygen atoms in total. The molecular formula is C11H11NO5. The van der Waals surface area contributed by atoms with Crippen LogP contribution in [0.3, 0.4) is 0 Å². The summed E-state index contributed by atoms with van der Waals surface area (Å²) in [6.45, 7) is 1.52. The zero-order valence-corrected chi connectivity index (χ0v) is 9.10. The molecule has 17 heavy (non-hydrogen) atoms. The van der Waals surface area contributed by atoms with Gasteiger partial charge in [-0.2, -0.15) is 0 Å². The molecule has 1 atom stereocenters. The molecule has 2 rings (SSSR count). The maximum absolute atomic E-state index is 11.2. The Kier molecular flexibility index (Phi) is 2.63. The lowest BCUT2D eigenvalue weighted by Crippen LogP contribution is -2.45. The van der Waals surface area contributed by atoms with Gasteiger partial charge in [-0.3, -0.25) is 4.79 Å². The highest BCUT2D eigenvalue weighted by molar-refractivity contribution is 5.83. The van der Waals surface area contributed by atoms with Gasteiger partial charge in [0.05, 0.1) is 0 Å². The predicted octanol–water partition coefficient (Wildman–Crippen LogP) is 0.461. The van der Waals surface area contributed by atoms with Crippen LogP contribution in [0.15, 0.2) is 18.2 Å². The number of nitrogens with one attached hydrogen (secondary N) is 1. The molecule has 0 spiro atoms. The number of rotatable bonds is 4. The highest BCUT2D eigenvalue weighted by Crippen LogP contribution is 2.35. The molecule has 6 heteroatoms. The fourth-order valence-corrected chi connectivity index (χ4v) is 1.59. The van der Waals surface area contributed by atoms with Gasteiger partial charge in [0.25, 0.3) is 0 Å². The monoisotopic (exact) mass is 237 g/mol. The minimum absolute atomic E-state index is 0.115. The molecule has 1 aromatic rings. The molecule has 0 bridgehead atoms. The smallest absolute Gasteiger partial charge is 0.333 e. The number of hydrogen-bond donors (Lipinski definition) is 2. The van der Waals surface area contributed by atoms with Crippen molar-refractivity contribution >= 4 is 12.4 Å². The Morgan fingerprint density at radius 2 is 2.18 bits per heavy atom. The molecule has 1 unspecified atom stereocenters. The maximum atomic E-state index is 11.2. The summed E-state index contributed by atoms with van der Waals surface area (Å²) in [6, 6.07) is 4.75. The number of carbonyl (C=O) groups is 2. The molecule has 0 saturated carbocycles. The molecule has 0 aromatic heterocycles. The van der Waals surface area contributed by atoms with E-state index >= 15 is 0 Å². The van der Waals surface area contributed by atoms with Gasteiger partial charge in [0, 0.05) is 0 Å². The molecule has 1 aromatic carbocycles. The third-order valence-corrected chi connectivity index (χ3v) is 2.73. The third kappa shape index (κ3) is 1.77. The van der Waals surface area contributed by atoms with E-state index < -0.39 is 11.5 Å². The van der Waals surface area contributed by atoms with Gasteiger partial charge in [-0.15, -0.1) is 0 Å². The van der Waals surface area contributed by atoms with Crippen LogP contribution in [-0.2, 0) is 15.1 Å². The van der Waals surface area contributed by atoms with Crippen molar-refractivity contribution in [1.29, 1.82) is 0 Å². The van der Waals surface area contributed by atoms with E-state index in [-0.39, 0.29) is 6.79 Å². The molecule has 1 amide bonds. The lowest BCUT2D eigenvalue weighted by Gasteiger charge is -2.24. The number of carboxylic acid groups (broad SMARTS) is 1. The van der Waals surface area contributed by atoms with Crippen LogP contribution < -0.4 is 14.8 Å². The Morgan fingerprint density at radius 1 is 1.47 bits per heavy atom. The quantitative estimate of drug-likeness (QED) is 0.743. The van der Waals surface area contributed by atoms with Gasteiger partial charge in [-0.1, -0.05) is 6.07 Å². The van der Waals surface area contributed by atoms with E-state index in [9.17, 15) is 14.7 Å². The van der Waals surface area contributed by atoms with Gasteiger partial charge in [-0.05, 0) is 24.6 Å². The molecule has 0 radical (unpaired) electrons. The number of aliphatic carboxylic acids is 1. The Labute approximate surface area is 97.1 Å². The van der Waals surface area contributed by atoms with Crippen molar-refractivity contribution in [3.63, 3.8) is 0 Å². The average molecular weight is 237 g/mol. The first kappa shape index (κ1) is 11.3. The van der Waals surface area contributed by atoms with Gasteiger partial charge in [0.15, 0.2) is 17.0 Å². The summed E-state index contributed by atoms with van der Waals surface area (Å²) in [5, 5.41) is 11.5. The Bertz CT molecular complexity index is 473. The Hall–Kier alpha value is -2.24. The lowest BCUT2D eigenvalue weighted by atomic mass is 9.92. The van der Waals surface area contributed by atoms with Crippen LogP contribution in [0.2, 0.25) is 0 Å². The minimum atomic E-state index is -1.48. The van der Waals surface area contributed by atoms with Crippen molar-refractivity contribution in [3.05, 3.63) is 23.8 Å². The second-order valence-electron chi connectivity index (χ2n) is 3.76. The van der Waals surface area contributed by atoms with Crippen LogP contribution in [0.1, 0.15) is 12.5 Å². The van der Waals surface area contributed by atoms with Crippen LogP contribution in [0.25, 0.3) is 0 Å². The van der Waals surface area contributed by atoms with Crippen molar-refractivity contribution < 1.29 is 24.2 Å². The number of hydrogen-bond acceptors (Lipinski definition) is 4. The van der Waals surface area contributed by atoms with Gasteiger partial charge in [0.2, 0.25) is 13.2 Å². The summed E-state index contributed by atoms with van der Waals surface area (Å²) >= 11 is 0. The summed E-state index contributed by atoms with van der Waals surface area (Å²) in [7, 11) is 0. The molecule has 1 aliphatic heterocycles. The van der Waals surface area contributed by atoms with Gasteiger partial charge in [0.1, 0.15) is 0 Å². The van der Waals surface area contributed by atoms with Crippen molar-refractivity contribution in [2.24, 2.45) is 0 Å². The summed E-state index contributed by atoms with van der Waals surface area (Å²) in [4.78, 5) is 21.7. The number of carboxylic acids is 1. The largest absolute Gasteiger partial charge is 0.479 e. The van der Waals surface area contributed by atoms with E-state index in [1.807, 2.05) is 0 Å². The number of amides is 1. The molecule has 0 aliphatic carbocycles. The lowest BCUT2D eigenvalue weighted by molar-refractivity contribution is -0.145. The zero-order valence-electron chi connectivity index (χ0n) is 9.10. The van der Waals surface area contributed by atoms with E-state index in [0.717, 1.165) is 0 Å². The maximum Gasteiger partial charge on any atom is 0.333 e. The topological polar surface area (TPSA) is 84.9 Å². The average Bonchev–Trinajstić information content (AvgIpc) is 2.75. The van der Waals surface area contributed by atoms with Crippen molar-refractivity contribution in [3.8, 4) is 11.5 Å². The minimum Gasteiger partial charge on any atom is -0.479 e. The first-order valence-corrected chi connectivity index (χ1v) is 4.93. The van der Waals surface area contributed by atoms with E-state index in [0.29, 0.717) is 23.5 Å². The van der Waals surface area contributed by atoms with Crippen LogP contribution in [-0.4, -0.2) is 24.3 Å². The number of fused-ring (bicyclic) bond motifs is 1. The van der Waals surface area contributed by atoms with Crippen molar-refractivity contribution in [2.45, 2.75) is 12.5 Å². The summed E-state index contributed by atoms with van der Waals surface area (Å²) in [5.41, 5.74) is -1.07. The van der Waals surface area contributed by atoms with Crippen LogP contribution in [0.5, 0.6) is 11.5 Å². The van der Waals surface area contributed by atoms with Gasteiger partial charge >= 0.3 is 5.97 Å². The zero-order chi connectivity index (χ0) is 12.5. The number of benzene rings is 1. The van der Waals surface area contributed by atoms with Gasteiger partial charge < -0.3 is 19.9 Å². The fourth-order valence-electron chi connectivity index (χ4n) is 1.59. The van der Waals surface area contributed by atoms with E-state index in [4.69, 9.17) is 9.47 Å². The highest BCUT2D eigenvalue weighted by atomic mass is 16.7.